The molecule has 2 N–H and O–H groups in total. The highest BCUT2D eigenvalue weighted by molar-refractivity contribution is 5.95. The largest absolute Gasteiger partial charge is 0.462 e. The molecule has 3 rings (SSSR count). The number of esters is 1. The SMILES string of the molecule is CCC[C@@H](C)NC(=O)[C@H]1CCCN(Cc2cc(=O)n3[nH]cc(C(=O)OCC)c3n2)C1. The average Bonchev–Trinajstić information content (AvgIpc) is 3.13. The first kappa shape index (κ1) is 22.0. The Morgan fingerprint density at radius 2 is 2.20 bits per heavy atom. The fourth-order valence-electron chi connectivity index (χ4n) is 3.98. The lowest BCUT2D eigenvalue weighted by Gasteiger charge is -2.32. The summed E-state index contributed by atoms with van der Waals surface area (Å²) in [5, 5.41) is 5.86. The maximum atomic E-state index is 12.6. The van der Waals surface area contributed by atoms with Crippen molar-refractivity contribution in [2.75, 3.05) is 19.7 Å². The van der Waals surface area contributed by atoms with Gasteiger partial charge in [-0.25, -0.2) is 14.3 Å². The number of aromatic nitrogens is 3. The summed E-state index contributed by atoms with van der Waals surface area (Å²) in [5.41, 5.74) is 0.781. The van der Waals surface area contributed by atoms with Gasteiger partial charge in [0.05, 0.1) is 18.2 Å². The number of carbonyl (C=O) groups excluding carboxylic acids is 2. The second-order valence-electron chi connectivity index (χ2n) is 7.92. The van der Waals surface area contributed by atoms with Crippen LogP contribution in [0.4, 0.5) is 0 Å². The molecule has 9 nitrogen and oxygen atoms in total. The van der Waals surface area contributed by atoms with Gasteiger partial charge in [0.2, 0.25) is 5.91 Å². The lowest BCUT2D eigenvalue weighted by Crippen LogP contribution is -2.45. The molecule has 0 aliphatic carbocycles. The summed E-state index contributed by atoms with van der Waals surface area (Å²) in [7, 11) is 0. The number of fused-ring (bicyclic) bond motifs is 1. The van der Waals surface area contributed by atoms with E-state index >= 15 is 0 Å². The summed E-state index contributed by atoms with van der Waals surface area (Å²) in [6.45, 7) is 8.03. The zero-order chi connectivity index (χ0) is 21.7. The number of H-pyrrole nitrogens is 1. The normalized spacial score (nSPS) is 18.3. The van der Waals surface area contributed by atoms with Gasteiger partial charge >= 0.3 is 5.97 Å². The average molecular weight is 418 g/mol. The van der Waals surface area contributed by atoms with Crippen molar-refractivity contribution in [3.8, 4) is 0 Å². The van der Waals surface area contributed by atoms with E-state index < -0.39 is 5.97 Å². The summed E-state index contributed by atoms with van der Waals surface area (Å²) in [6, 6.07) is 1.64. The van der Waals surface area contributed by atoms with E-state index in [2.05, 4.69) is 27.2 Å². The van der Waals surface area contributed by atoms with Gasteiger partial charge in [0.15, 0.2) is 5.65 Å². The Labute approximate surface area is 175 Å². The third-order valence-corrected chi connectivity index (χ3v) is 5.42. The first-order chi connectivity index (χ1) is 14.4. The standard InChI is InChI=1S/C21H31N5O4/c1-4-7-14(3)23-20(28)15-8-6-9-25(12-15)13-16-10-18(27)26-19(24-16)17(11-22-26)21(29)30-5-2/h10-11,14-15,22H,4-9,12-13H2,1-3H3,(H,23,28)/t14-,15+/m1/s1. The van der Waals surface area contributed by atoms with Crippen molar-refractivity contribution >= 4 is 17.5 Å². The maximum absolute atomic E-state index is 12.6. The van der Waals surface area contributed by atoms with Crippen LogP contribution < -0.4 is 10.9 Å². The summed E-state index contributed by atoms with van der Waals surface area (Å²) in [4.78, 5) is 43.8. The lowest BCUT2D eigenvalue weighted by atomic mass is 9.96. The van der Waals surface area contributed by atoms with Crippen LogP contribution in [-0.4, -0.2) is 57.1 Å². The van der Waals surface area contributed by atoms with E-state index in [0.717, 1.165) is 32.2 Å². The molecular formula is C21H31N5O4. The predicted molar refractivity (Wildman–Crippen MR) is 112 cm³/mol. The first-order valence-electron chi connectivity index (χ1n) is 10.7. The molecule has 2 atom stereocenters. The van der Waals surface area contributed by atoms with Crippen LogP contribution in [0.15, 0.2) is 17.1 Å². The molecule has 2 aromatic heterocycles. The molecule has 1 saturated heterocycles. The molecule has 1 aliphatic rings. The first-order valence-corrected chi connectivity index (χ1v) is 10.7. The second kappa shape index (κ2) is 9.88. The highest BCUT2D eigenvalue weighted by Gasteiger charge is 2.27. The Balaban J connectivity index is 1.72. The molecule has 1 fully saturated rings. The summed E-state index contributed by atoms with van der Waals surface area (Å²) < 4.78 is 6.28. The van der Waals surface area contributed by atoms with E-state index in [4.69, 9.17) is 4.74 Å². The summed E-state index contributed by atoms with van der Waals surface area (Å²) in [6.07, 6.45) is 5.22. The number of nitrogens with one attached hydrogen (secondary N) is 2. The number of rotatable bonds is 8. The van der Waals surface area contributed by atoms with Gasteiger partial charge in [-0.3, -0.25) is 19.6 Å². The summed E-state index contributed by atoms with van der Waals surface area (Å²) in [5.74, 6) is -0.485. The third-order valence-electron chi connectivity index (χ3n) is 5.42. The van der Waals surface area contributed by atoms with Gasteiger partial charge in [-0.15, -0.1) is 0 Å². The Bertz CT molecular complexity index is 951. The molecule has 1 aliphatic heterocycles. The number of hydrogen-bond donors (Lipinski definition) is 2. The van der Waals surface area contributed by atoms with Gasteiger partial charge in [0, 0.05) is 31.4 Å². The molecule has 164 valence electrons. The van der Waals surface area contributed by atoms with E-state index in [0.29, 0.717) is 18.8 Å². The highest BCUT2D eigenvalue weighted by Crippen LogP contribution is 2.19. The fourth-order valence-corrected chi connectivity index (χ4v) is 3.98. The number of piperidine rings is 1. The topological polar surface area (TPSA) is 109 Å². The zero-order valence-corrected chi connectivity index (χ0v) is 17.9. The molecule has 0 unspecified atom stereocenters. The van der Waals surface area contributed by atoms with E-state index in [1.807, 2.05) is 6.92 Å². The van der Waals surface area contributed by atoms with Crippen LogP contribution in [-0.2, 0) is 16.1 Å². The zero-order valence-electron chi connectivity index (χ0n) is 17.9. The molecule has 9 heteroatoms. The third kappa shape index (κ3) is 5.08. The number of likely N-dealkylation sites (tertiary alicyclic amines) is 1. The Kier molecular flexibility index (Phi) is 7.25. The van der Waals surface area contributed by atoms with Crippen LogP contribution in [0.1, 0.15) is 62.5 Å². The smallest absolute Gasteiger partial charge is 0.343 e. The molecule has 0 bridgehead atoms. The van der Waals surface area contributed by atoms with Crippen molar-refractivity contribution in [2.24, 2.45) is 5.92 Å². The minimum absolute atomic E-state index is 0.0646. The van der Waals surface area contributed by atoms with E-state index in [-0.39, 0.29) is 41.2 Å². The lowest BCUT2D eigenvalue weighted by molar-refractivity contribution is -0.127. The molecule has 0 radical (unpaired) electrons. The molecule has 1 amide bonds. The van der Waals surface area contributed by atoms with Crippen molar-refractivity contribution in [3.63, 3.8) is 0 Å². The number of hydrogen-bond acceptors (Lipinski definition) is 6. The highest BCUT2D eigenvalue weighted by atomic mass is 16.5. The van der Waals surface area contributed by atoms with Crippen molar-refractivity contribution in [1.29, 1.82) is 0 Å². The number of carbonyl (C=O) groups is 2. The van der Waals surface area contributed by atoms with Gasteiger partial charge in [-0.1, -0.05) is 13.3 Å². The van der Waals surface area contributed by atoms with E-state index in [1.165, 1.54) is 16.8 Å². The molecular weight excluding hydrogens is 386 g/mol. The minimum Gasteiger partial charge on any atom is -0.462 e. The fraction of sp³-hybridized carbons (Fsp3) is 0.619. The minimum atomic E-state index is -0.517. The van der Waals surface area contributed by atoms with Gasteiger partial charge in [-0.2, -0.15) is 0 Å². The monoisotopic (exact) mass is 417 g/mol. The van der Waals surface area contributed by atoms with Crippen LogP contribution in [0, 0.1) is 5.92 Å². The van der Waals surface area contributed by atoms with Gasteiger partial charge in [0.25, 0.3) is 5.56 Å². The molecule has 3 heterocycles. The van der Waals surface area contributed by atoms with Gasteiger partial charge in [-0.05, 0) is 39.7 Å². The van der Waals surface area contributed by atoms with Crippen molar-refractivity contribution < 1.29 is 14.3 Å². The van der Waals surface area contributed by atoms with Crippen molar-refractivity contribution in [3.05, 3.63) is 33.9 Å². The second-order valence-corrected chi connectivity index (χ2v) is 7.92. The molecule has 0 spiro atoms. The number of nitrogens with zero attached hydrogens (tertiary/aromatic N) is 3. The van der Waals surface area contributed by atoms with Crippen molar-refractivity contribution in [1.82, 2.24) is 24.8 Å². The number of aromatic amines is 1. The number of amides is 1. The van der Waals surface area contributed by atoms with Crippen LogP contribution in [0.5, 0.6) is 0 Å². The van der Waals surface area contributed by atoms with Crippen LogP contribution in [0.25, 0.3) is 5.65 Å². The Morgan fingerprint density at radius 3 is 2.93 bits per heavy atom. The molecule has 0 aromatic carbocycles. The van der Waals surface area contributed by atoms with Crippen LogP contribution in [0.3, 0.4) is 0 Å². The van der Waals surface area contributed by atoms with Gasteiger partial charge in [0.1, 0.15) is 5.56 Å². The Hall–Kier alpha value is -2.68. The van der Waals surface area contributed by atoms with Crippen LogP contribution in [0.2, 0.25) is 0 Å². The Morgan fingerprint density at radius 1 is 1.40 bits per heavy atom. The van der Waals surface area contributed by atoms with Crippen molar-refractivity contribution in [2.45, 2.75) is 59.0 Å². The van der Waals surface area contributed by atoms with E-state index in [9.17, 15) is 14.4 Å². The molecule has 0 saturated carbocycles. The van der Waals surface area contributed by atoms with Gasteiger partial charge < -0.3 is 10.1 Å². The van der Waals surface area contributed by atoms with E-state index in [1.54, 1.807) is 6.92 Å². The van der Waals surface area contributed by atoms with Crippen LogP contribution >= 0.6 is 0 Å². The summed E-state index contributed by atoms with van der Waals surface area (Å²) >= 11 is 0. The quantitative estimate of drug-likeness (QED) is 0.633. The molecule has 2 aromatic rings. The maximum Gasteiger partial charge on any atom is 0.343 e. The predicted octanol–water partition coefficient (Wildman–Crippen LogP) is 1.72. The number of ether oxygens (including phenoxy) is 1. The molecule has 30 heavy (non-hydrogen) atoms.